The van der Waals surface area contributed by atoms with Crippen LogP contribution in [-0.2, 0) is 4.79 Å². The first-order valence-electron chi connectivity index (χ1n) is 9.46. The lowest BCUT2D eigenvalue weighted by Gasteiger charge is -2.27. The molecular weight excluding hydrogens is 373 g/mol. The summed E-state index contributed by atoms with van der Waals surface area (Å²) in [4.78, 5) is 19.2. The summed E-state index contributed by atoms with van der Waals surface area (Å²) in [7, 11) is 1.81. The summed E-state index contributed by atoms with van der Waals surface area (Å²) in [6.45, 7) is 6.37. The molecule has 0 radical (unpaired) electrons. The summed E-state index contributed by atoms with van der Waals surface area (Å²) in [5.41, 5.74) is 1.94. The summed E-state index contributed by atoms with van der Waals surface area (Å²) < 4.78 is 14.3. The maximum absolute atomic E-state index is 13.2. The summed E-state index contributed by atoms with van der Waals surface area (Å²) in [5, 5.41) is 4.26. The van der Waals surface area contributed by atoms with Crippen molar-refractivity contribution in [3.8, 4) is 0 Å². The number of carbonyl (C=O) groups excluding carboxylic acids is 1. The van der Waals surface area contributed by atoms with Gasteiger partial charge in [-0.2, -0.15) is 0 Å². The minimum Gasteiger partial charge on any atom is -0.335 e. The molecule has 3 aromatic rings. The first-order chi connectivity index (χ1) is 13.4. The molecular formula is C22H26FN3OS. The Morgan fingerprint density at radius 3 is 2.46 bits per heavy atom. The molecule has 0 spiro atoms. The number of benzene rings is 2. The largest absolute Gasteiger partial charge is 0.335 e. The van der Waals surface area contributed by atoms with Gasteiger partial charge in [0.2, 0.25) is 5.91 Å². The molecule has 1 heterocycles. The van der Waals surface area contributed by atoms with E-state index in [1.165, 1.54) is 12.1 Å². The molecule has 0 aliphatic rings. The maximum atomic E-state index is 13.2. The van der Waals surface area contributed by atoms with Crippen molar-refractivity contribution >= 4 is 27.5 Å². The highest BCUT2D eigenvalue weighted by molar-refractivity contribution is 7.18. The normalized spacial score (nSPS) is 13.6. The maximum Gasteiger partial charge on any atom is 0.236 e. The van der Waals surface area contributed by atoms with Crippen molar-refractivity contribution < 1.29 is 9.18 Å². The van der Waals surface area contributed by atoms with Crippen molar-refractivity contribution in [2.45, 2.75) is 32.9 Å². The van der Waals surface area contributed by atoms with Gasteiger partial charge in [-0.05, 0) is 42.7 Å². The molecule has 1 amide bonds. The molecule has 0 saturated heterocycles. The molecule has 1 N–H and O–H groups in total. The van der Waals surface area contributed by atoms with E-state index in [2.05, 4.69) is 24.1 Å². The third-order valence-electron chi connectivity index (χ3n) is 5.01. The lowest BCUT2D eigenvalue weighted by molar-refractivity contribution is -0.131. The Hall–Kier alpha value is -2.31. The van der Waals surface area contributed by atoms with E-state index < -0.39 is 0 Å². The van der Waals surface area contributed by atoms with Crippen LogP contribution in [0.4, 0.5) is 4.39 Å². The van der Waals surface area contributed by atoms with Gasteiger partial charge in [0.05, 0.1) is 22.8 Å². The van der Waals surface area contributed by atoms with E-state index in [1.807, 2.05) is 38.2 Å². The molecule has 2 aromatic carbocycles. The van der Waals surface area contributed by atoms with Gasteiger partial charge in [-0.25, -0.2) is 9.37 Å². The minimum absolute atomic E-state index is 0.000446. The minimum atomic E-state index is -0.258. The van der Waals surface area contributed by atoms with Gasteiger partial charge in [-0.15, -0.1) is 11.3 Å². The number of likely N-dealkylation sites (N-methyl/N-ethyl adjacent to an activating group) is 1. The van der Waals surface area contributed by atoms with E-state index in [0.717, 1.165) is 20.8 Å². The standard InChI is InChI=1S/C22H26FN3OS/c1-14(2)21(16-9-11-17(23)12-10-16)24-13-20(27)26(4)15(3)22-25-18-7-5-6-8-19(18)28-22/h5-12,14-15,21,24H,13H2,1-4H3/t15-,21-/m1/s1. The molecule has 28 heavy (non-hydrogen) atoms. The van der Waals surface area contributed by atoms with Crippen LogP contribution < -0.4 is 5.32 Å². The van der Waals surface area contributed by atoms with Gasteiger partial charge in [0.15, 0.2) is 0 Å². The van der Waals surface area contributed by atoms with Gasteiger partial charge in [-0.3, -0.25) is 4.79 Å². The van der Waals surface area contributed by atoms with E-state index >= 15 is 0 Å². The van der Waals surface area contributed by atoms with Crippen LogP contribution in [0.3, 0.4) is 0 Å². The fourth-order valence-electron chi connectivity index (χ4n) is 3.18. The van der Waals surface area contributed by atoms with Gasteiger partial charge in [-0.1, -0.05) is 38.1 Å². The van der Waals surface area contributed by atoms with Crippen LogP contribution >= 0.6 is 11.3 Å². The highest BCUT2D eigenvalue weighted by Crippen LogP contribution is 2.29. The van der Waals surface area contributed by atoms with Gasteiger partial charge >= 0.3 is 0 Å². The van der Waals surface area contributed by atoms with Crippen molar-refractivity contribution in [2.75, 3.05) is 13.6 Å². The number of hydrogen-bond donors (Lipinski definition) is 1. The summed E-state index contributed by atoms with van der Waals surface area (Å²) in [6.07, 6.45) is 0. The average molecular weight is 400 g/mol. The Kier molecular flexibility index (Phi) is 6.42. The lowest BCUT2D eigenvalue weighted by atomic mass is 9.96. The summed E-state index contributed by atoms with van der Waals surface area (Å²) >= 11 is 1.62. The van der Waals surface area contributed by atoms with E-state index in [-0.39, 0.29) is 36.3 Å². The molecule has 0 unspecified atom stereocenters. The van der Waals surface area contributed by atoms with Crippen molar-refractivity contribution in [3.63, 3.8) is 0 Å². The van der Waals surface area contributed by atoms with E-state index in [9.17, 15) is 9.18 Å². The molecule has 0 saturated carbocycles. The number of carbonyl (C=O) groups is 1. The number of amides is 1. The average Bonchev–Trinajstić information content (AvgIpc) is 3.12. The fraction of sp³-hybridized carbons (Fsp3) is 0.364. The smallest absolute Gasteiger partial charge is 0.236 e. The lowest BCUT2D eigenvalue weighted by Crippen LogP contribution is -2.39. The van der Waals surface area contributed by atoms with Crippen molar-refractivity contribution in [2.24, 2.45) is 5.92 Å². The number of aromatic nitrogens is 1. The number of thiazole rings is 1. The molecule has 2 atom stereocenters. The topological polar surface area (TPSA) is 45.2 Å². The van der Waals surface area contributed by atoms with Crippen molar-refractivity contribution in [1.29, 1.82) is 0 Å². The van der Waals surface area contributed by atoms with E-state index in [4.69, 9.17) is 0 Å². The van der Waals surface area contributed by atoms with Gasteiger partial charge in [0, 0.05) is 13.1 Å². The number of halogens is 1. The quantitative estimate of drug-likeness (QED) is 0.612. The predicted octanol–water partition coefficient (Wildman–Crippen LogP) is 4.94. The third kappa shape index (κ3) is 4.56. The summed E-state index contributed by atoms with van der Waals surface area (Å²) in [6, 6.07) is 14.3. The Morgan fingerprint density at radius 1 is 1.14 bits per heavy atom. The molecule has 0 fully saturated rings. The molecule has 3 rings (SSSR count). The number of nitrogens with zero attached hydrogens (tertiary/aromatic N) is 2. The van der Waals surface area contributed by atoms with Crippen LogP contribution in [0, 0.1) is 11.7 Å². The molecule has 0 bridgehead atoms. The van der Waals surface area contributed by atoms with E-state index in [0.29, 0.717) is 0 Å². The second-order valence-corrected chi connectivity index (χ2v) is 8.42. The Balaban J connectivity index is 1.66. The Labute approximate surface area is 169 Å². The molecule has 1 aromatic heterocycles. The zero-order chi connectivity index (χ0) is 20.3. The van der Waals surface area contributed by atoms with E-state index in [1.54, 1.807) is 28.4 Å². The van der Waals surface area contributed by atoms with Crippen LogP contribution in [0.2, 0.25) is 0 Å². The Bertz CT molecular complexity index is 905. The molecule has 148 valence electrons. The van der Waals surface area contributed by atoms with Gasteiger partial charge < -0.3 is 10.2 Å². The second-order valence-electron chi connectivity index (χ2n) is 7.35. The van der Waals surface area contributed by atoms with Crippen LogP contribution in [0.5, 0.6) is 0 Å². The molecule has 4 nitrogen and oxygen atoms in total. The zero-order valence-electron chi connectivity index (χ0n) is 16.6. The molecule has 0 aliphatic carbocycles. The predicted molar refractivity (Wildman–Crippen MR) is 113 cm³/mol. The van der Waals surface area contributed by atoms with Crippen LogP contribution in [0.25, 0.3) is 10.2 Å². The number of nitrogens with one attached hydrogen (secondary N) is 1. The number of para-hydroxylation sites is 1. The highest BCUT2D eigenvalue weighted by Gasteiger charge is 2.22. The number of fused-ring (bicyclic) bond motifs is 1. The first-order valence-corrected chi connectivity index (χ1v) is 10.3. The van der Waals surface area contributed by atoms with Crippen LogP contribution in [-0.4, -0.2) is 29.4 Å². The number of hydrogen-bond acceptors (Lipinski definition) is 4. The number of rotatable bonds is 7. The van der Waals surface area contributed by atoms with Crippen molar-refractivity contribution in [1.82, 2.24) is 15.2 Å². The van der Waals surface area contributed by atoms with Gasteiger partial charge in [0.1, 0.15) is 10.8 Å². The molecule has 6 heteroatoms. The SMILES string of the molecule is CC(C)[C@@H](NCC(=O)N(C)[C@H](C)c1nc2ccccc2s1)c1ccc(F)cc1. The van der Waals surface area contributed by atoms with Crippen molar-refractivity contribution in [3.05, 3.63) is 64.9 Å². The fourth-order valence-corrected chi connectivity index (χ4v) is 4.24. The zero-order valence-corrected chi connectivity index (χ0v) is 17.5. The van der Waals surface area contributed by atoms with Crippen LogP contribution in [0.1, 0.15) is 43.4 Å². The second kappa shape index (κ2) is 8.80. The van der Waals surface area contributed by atoms with Crippen LogP contribution in [0.15, 0.2) is 48.5 Å². The Morgan fingerprint density at radius 2 is 1.82 bits per heavy atom. The summed E-state index contributed by atoms with van der Waals surface area (Å²) in [5.74, 6) is 0.0106. The highest BCUT2D eigenvalue weighted by atomic mass is 32.1. The van der Waals surface area contributed by atoms with Gasteiger partial charge in [0.25, 0.3) is 0 Å². The monoisotopic (exact) mass is 399 g/mol. The third-order valence-corrected chi connectivity index (χ3v) is 6.22. The molecule has 0 aliphatic heterocycles. The first kappa shape index (κ1) is 20.4.